The zero-order chi connectivity index (χ0) is 13.1. The van der Waals surface area contributed by atoms with E-state index in [1.165, 1.54) is 5.69 Å². The van der Waals surface area contributed by atoms with Gasteiger partial charge in [0.25, 0.3) is 0 Å². The zero-order valence-corrected chi connectivity index (χ0v) is 11.9. The molecule has 0 bridgehead atoms. The summed E-state index contributed by atoms with van der Waals surface area (Å²) in [5.41, 5.74) is 7.60. The van der Waals surface area contributed by atoms with Gasteiger partial charge in [-0.15, -0.1) is 0 Å². The van der Waals surface area contributed by atoms with Crippen molar-refractivity contribution in [1.29, 1.82) is 0 Å². The molecule has 0 spiro atoms. The summed E-state index contributed by atoms with van der Waals surface area (Å²) < 4.78 is 2.28. The Kier molecular flexibility index (Phi) is 4.75. The molecule has 1 unspecified atom stereocenters. The number of hydrogen-bond donors (Lipinski definition) is 1. The van der Waals surface area contributed by atoms with Crippen LogP contribution in [-0.2, 0) is 5.54 Å². The molecule has 0 saturated carbocycles. The fraction of sp³-hybridized carbons (Fsp3) is 0.786. The first-order chi connectivity index (χ1) is 7.94. The Morgan fingerprint density at radius 1 is 1.35 bits per heavy atom. The molecule has 17 heavy (non-hydrogen) atoms. The molecule has 0 aliphatic rings. The van der Waals surface area contributed by atoms with E-state index < -0.39 is 0 Å². The largest absolute Gasteiger partial charge is 0.327 e. The number of nitrogens with zero attached hydrogens (tertiary/aromatic N) is 2. The van der Waals surface area contributed by atoms with Crippen LogP contribution in [0.4, 0.5) is 0 Å². The minimum absolute atomic E-state index is 0.0925. The van der Waals surface area contributed by atoms with Gasteiger partial charge >= 0.3 is 0 Å². The van der Waals surface area contributed by atoms with Crippen molar-refractivity contribution in [3.05, 3.63) is 18.2 Å². The summed E-state index contributed by atoms with van der Waals surface area (Å²) in [7, 11) is 0. The second-order valence-electron chi connectivity index (χ2n) is 5.63. The predicted octanol–water partition coefficient (Wildman–Crippen LogP) is 3.46. The highest BCUT2D eigenvalue weighted by molar-refractivity contribution is 5.08. The lowest BCUT2D eigenvalue weighted by Gasteiger charge is -2.32. The minimum atomic E-state index is 0.0925. The van der Waals surface area contributed by atoms with Gasteiger partial charge in [-0.1, -0.05) is 27.7 Å². The molecular formula is C14H27N3. The number of nitrogens with two attached hydrogens (primary N) is 1. The van der Waals surface area contributed by atoms with E-state index in [1.807, 2.05) is 12.5 Å². The van der Waals surface area contributed by atoms with E-state index in [0.29, 0.717) is 5.92 Å². The molecule has 0 amide bonds. The Morgan fingerprint density at radius 2 is 1.94 bits per heavy atom. The smallest absolute Gasteiger partial charge is 0.0953 e. The second-order valence-corrected chi connectivity index (χ2v) is 5.63. The third-order valence-corrected chi connectivity index (χ3v) is 3.88. The molecule has 2 N–H and O–H groups in total. The van der Waals surface area contributed by atoms with Crippen LogP contribution in [0.15, 0.2) is 12.5 Å². The molecular weight excluding hydrogens is 210 g/mol. The summed E-state index contributed by atoms with van der Waals surface area (Å²) in [6.07, 6.45) is 7.07. The average molecular weight is 237 g/mol. The first kappa shape index (κ1) is 14.2. The van der Waals surface area contributed by atoms with E-state index in [-0.39, 0.29) is 11.6 Å². The summed E-state index contributed by atoms with van der Waals surface area (Å²) in [6, 6.07) is 0.0925. The number of rotatable bonds is 6. The van der Waals surface area contributed by atoms with Crippen molar-refractivity contribution in [2.45, 2.75) is 65.5 Å². The Bertz CT molecular complexity index is 337. The fourth-order valence-corrected chi connectivity index (χ4v) is 2.25. The van der Waals surface area contributed by atoms with Crippen LogP contribution in [0, 0.1) is 5.92 Å². The molecule has 0 fully saturated rings. The van der Waals surface area contributed by atoms with Crippen molar-refractivity contribution in [1.82, 2.24) is 9.55 Å². The molecule has 0 aliphatic carbocycles. The lowest BCUT2D eigenvalue weighted by molar-refractivity contribution is 0.278. The Hall–Kier alpha value is -0.830. The summed E-state index contributed by atoms with van der Waals surface area (Å²) in [5.74, 6) is 0.614. The molecule has 0 aromatic carbocycles. The van der Waals surface area contributed by atoms with Crippen LogP contribution in [0.1, 0.15) is 65.6 Å². The molecule has 0 radical (unpaired) electrons. The molecule has 3 heteroatoms. The molecule has 1 heterocycles. The van der Waals surface area contributed by atoms with Gasteiger partial charge in [-0.05, 0) is 32.1 Å². The standard InChI is InChI=1S/C14H27N3/c1-6-14(5,7-2)17-10-16-9-13(17)12(15)8-11(3)4/h9-12H,6-8,15H2,1-5H3. The van der Waals surface area contributed by atoms with Gasteiger partial charge in [-0.3, -0.25) is 0 Å². The van der Waals surface area contributed by atoms with E-state index in [1.54, 1.807) is 0 Å². The van der Waals surface area contributed by atoms with Crippen molar-refractivity contribution in [3.8, 4) is 0 Å². The van der Waals surface area contributed by atoms with Crippen molar-refractivity contribution in [2.75, 3.05) is 0 Å². The molecule has 1 rings (SSSR count). The lowest BCUT2D eigenvalue weighted by atomic mass is 9.93. The Labute approximate surface area is 105 Å². The van der Waals surface area contributed by atoms with Crippen molar-refractivity contribution >= 4 is 0 Å². The van der Waals surface area contributed by atoms with Crippen molar-refractivity contribution in [3.63, 3.8) is 0 Å². The van der Waals surface area contributed by atoms with E-state index in [4.69, 9.17) is 5.73 Å². The van der Waals surface area contributed by atoms with E-state index >= 15 is 0 Å². The van der Waals surface area contributed by atoms with Crippen LogP contribution in [0.5, 0.6) is 0 Å². The third-order valence-electron chi connectivity index (χ3n) is 3.88. The highest BCUT2D eigenvalue weighted by atomic mass is 15.1. The SMILES string of the molecule is CCC(C)(CC)n1cncc1C(N)CC(C)C. The maximum Gasteiger partial charge on any atom is 0.0953 e. The van der Waals surface area contributed by atoms with E-state index in [0.717, 1.165) is 19.3 Å². The fourth-order valence-electron chi connectivity index (χ4n) is 2.25. The highest BCUT2D eigenvalue weighted by Crippen LogP contribution is 2.29. The number of imidazole rings is 1. The third kappa shape index (κ3) is 3.09. The van der Waals surface area contributed by atoms with Gasteiger partial charge in [0.2, 0.25) is 0 Å². The second kappa shape index (κ2) is 5.67. The van der Waals surface area contributed by atoms with Crippen LogP contribution in [0.25, 0.3) is 0 Å². The molecule has 3 nitrogen and oxygen atoms in total. The maximum absolute atomic E-state index is 6.29. The van der Waals surface area contributed by atoms with E-state index in [9.17, 15) is 0 Å². The van der Waals surface area contributed by atoms with Crippen LogP contribution in [0.2, 0.25) is 0 Å². The normalized spacial score (nSPS) is 14.3. The minimum Gasteiger partial charge on any atom is -0.327 e. The van der Waals surface area contributed by atoms with Crippen LogP contribution in [-0.4, -0.2) is 9.55 Å². The van der Waals surface area contributed by atoms with Gasteiger partial charge in [0.15, 0.2) is 0 Å². The first-order valence-electron chi connectivity index (χ1n) is 6.73. The Balaban J connectivity index is 3.00. The molecule has 98 valence electrons. The topological polar surface area (TPSA) is 43.8 Å². The van der Waals surface area contributed by atoms with Crippen LogP contribution < -0.4 is 5.73 Å². The lowest BCUT2D eigenvalue weighted by Crippen LogP contribution is -2.31. The maximum atomic E-state index is 6.29. The first-order valence-corrected chi connectivity index (χ1v) is 6.73. The summed E-state index contributed by atoms with van der Waals surface area (Å²) in [5, 5.41) is 0. The van der Waals surface area contributed by atoms with Crippen molar-refractivity contribution < 1.29 is 0 Å². The highest BCUT2D eigenvalue weighted by Gasteiger charge is 2.26. The Morgan fingerprint density at radius 3 is 2.41 bits per heavy atom. The van der Waals surface area contributed by atoms with Crippen LogP contribution >= 0.6 is 0 Å². The van der Waals surface area contributed by atoms with Gasteiger partial charge in [-0.25, -0.2) is 4.98 Å². The quantitative estimate of drug-likeness (QED) is 0.823. The summed E-state index contributed by atoms with van der Waals surface area (Å²) in [4.78, 5) is 4.30. The van der Waals surface area contributed by atoms with Gasteiger partial charge < -0.3 is 10.3 Å². The predicted molar refractivity (Wildman–Crippen MR) is 72.8 cm³/mol. The molecule has 0 aliphatic heterocycles. The number of aromatic nitrogens is 2. The summed E-state index contributed by atoms with van der Waals surface area (Å²) >= 11 is 0. The number of hydrogen-bond acceptors (Lipinski definition) is 2. The van der Waals surface area contributed by atoms with Crippen LogP contribution in [0.3, 0.4) is 0 Å². The summed E-state index contributed by atoms with van der Waals surface area (Å²) in [6.45, 7) is 11.1. The zero-order valence-electron chi connectivity index (χ0n) is 11.9. The molecule has 0 saturated heterocycles. The van der Waals surface area contributed by atoms with Gasteiger partial charge in [-0.2, -0.15) is 0 Å². The molecule has 1 atom stereocenters. The molecule has 1 aromatic rings. The van der Waals surface area contributed by atoms with Gasteiger partial charge in [0.05, 0.1) is 12.0 Å². The van der Waals surface area contributed by atoms with Gasteiger partial charge in [0.1, 0.15) is 0 Å². The average Bonchev–Trinajstić information content (AvgIpc) is 2.76. The van der Waals surface area contributed by atoms with Gasteiger partial charge in [0, 0.05) is 17.8 Å². The van der Waals surface area contributed by atoms with Crippen molar-refractivity contribution in [2.24, 2.45) is 11.7 Å². The van der Waals surface area contributed by atoms with E-state index in [2.05, 4.69) is 44.2 Å². The monoisotopic (exact) mass is 237 g/mol. The molecule has 1 aromatic heterocycles.